The first-order chi connectivity index (χ1) is 8.63. The quantitative estimate of drug-likeness (QED) is 0.817. The van der Waals surface area contributed by atoms with E-state index >= 15 is 0 Å². The second-order valence-electron chi connectivity index (χ2n) is 4.25. The predicted octanol–water partition coefficient (Wildman–Crippen LogP) is 0.455. The number of hydrogen-bond acceptors (Lipinski definition) is 4. The number of ether oxygens (including phenoxy) is 1. The molecule has 5 nitrogen and oxygen atoms in total. The molecule has 3 N–H and O–H groups in total. The number of rotatable bonds is 4. The van der Waals surface area contributed by atoms with Gasteiger partial charge in [-0.3, -0.25) is 9.78 Å². The third-order valence-corrected chi connectivity index (χ3v) is 3.06. The van der Waals surface area contributed by atoms with Crippen LogP contribution in [0.4, 0.5) is 4.39 Å². The van der Waals surface area contributed by atoms with Crippen LogP contribution in [0.1, 0.15) is 23.7 Å². The number of halogens is 1. The van der Waals surface area contributed by atoms with Crippen molar-refractivity contribution in [1.29, 1.82) is 0 Å². The van der Waals surface area contributed by atoms with Crippen LogP contribution in [0, 0.1) is 5.82 Å². The maximum Gasteiger partial charge on any atom is 0.254 e. The summed E-state index contributed by atoms with van der Waals surface area (Å²) >= 11 is 0. The Hall–Kier alpha value is -1.53. The highest BCUT2D eigenvalue weighted by atomic mass is 19.1. The van der Waals surface area contributed by atoms with Crippen LogP contribution in [-0.4, -0.2) is 35.7 Å². The number of amides is 1. The Morgan fingerprint density at radius 2 is 2.50 bits per heavy atom. The van der Waals surface area contributed by atoms with E-state index in [0.717, 1.165) is 6.20 Å². The van der Waals surface area contributed by atoms with Crippen LogP contribution in [0.25, 0.3) is 0 Å². The maximum atomic E-state index is 13.4. The van der Waals surface area contributed by atoms with Crippen molar-refractivity contribution in [1.82, 2.24) is 10.3 Å². The number of carbonyl (C=O) groups excluding carboxylic acids is 1. The SMILES string of the molecule is CCOC1CC(N)C1NC(=O)c1ccncc1F. The van der Waals surface area contributed by atoms with Gasteiger partial charge in [-0.1, -0.05) is 0 Å². The standard InChI is InChI=1S/C12H16FN3O2/c1-2-18-10-5-9(14)11(10)16-12(17)7-3-4-15-6-8(7)13/h3-4,6,9-11H,2,5,14H2,1H3,(H,16,17). The molecular formula is C12H16FN3O2. The molecule has 2 rings (SSSR count). The average Bonchev–Trinajstić information content (AvgIpc) is 2.36. The highest BCUT2D eigenvalue weighted by Crippen LogP contribution is 2.23. The third kappa shape index (κ3) is 2.49. The molecule has 1 aliphatic carbocycles. The van der Waals surface area contributed by atoms with Crippen molar-refractivity contribution in [3.8, 4) is 0 Å². The fraction of sp³-hybridized carbons (Fsp3) is 0.500. The summed E-state index contributed by atoms with van der Waals surface area (Å²) in [5.74, 6) is -1.13. The van der Waals surface area contributed by atoms with E-state index < -0.39 is 11.7 Å². The molecule has 1 fully saturated rings. The van der Waals surface area contributed by atoms with E-state index in [2.05, 4.69) is 10.3 Å². The highest BCUT2D eigenvalue weighted by Gasteiger charge is 2.40. The first-order valence-electron chi connectivity index (χ1n) is 5.91. The van der Waals surface area contributed by atoms with Gasteiger partial charge in [-0.2, -0.15) is 0 Å². The van der Waals surface area contributed by atoms with Gasteiger partial charge in [-0.05, 0) is 19.4 Å². The fourth-order valence-electron chi connectivity index (χ4n) is 2.02. The third-order valence-electron chi connectivity index (χ3n) is 3.06. The van der Waals surface area contributed by atoms with E-state index in [0.29, 0.717) is 13.0 Å². The fourth-order valence-corrected chi connectivity index (χ4v) is 2.02. The molecule has 18 heavy (non-hydrogen) atoms. The molecule has 1 amide bonds. The van der Waals surface area contributed by atoms with Crippen molar-refractivity contribution in [3.05, 3.63) is 29.8 Å². The molecule has 1 aromatic rings. The zero-order valence-corrected chi connectivity index (χ0v) is 10.1. The molecule has 3 unspecified atom stereocenters. The van der Waals surface area contributed by atoms with Crippen molar-refractivity contribution < 1.29 is 13.9 Å². The summed E-state index contributed by atoms with van der Waals surface area (Å²) < 4.78 is 18.8. The summed E-state index contributed by atoms with van der Waals surface area (Å²) in [5.41, 5.74) is 5.78. The second-order valence-corrected chi connectivity index (χ2v) is 4.25. The summed E-state index contributed by atoms with van der Waals surface area (Å²) in [7, 11) is 0. The van der Waals surface area contributed by atoms with Crippen LogP contribution in [0.2, 0.25) is 0 Å². The molecule has 1 aromatic heterocycles. The molecule has 0 bridgehead atoms. The molecule has 6 heteroatoms. The summed E-state index contributed by atoms with van der Waals surface area (Å²) in [4.78, 5) is 15.5. The van der Waals surface area contributed by atoms with Gasteiger partial charge in [0.25, 0.3) is 5.91 Å². The van der Waals surface area contributed by atoms with Gasteiger partial charge < -0.3 is 15.8 Å². The number of pyridine rings is 1. The van der Waals surface area contributed by atoms with E-state index in [1.54, 1.807) is 0 Å². The van der Waals surface area contributed by atoms with E-state index in [1.807, 2.05) is 6.92 Å². The van der Waals surface area contributed by atoms with Crippen LogP contribution in [0.5, 0.6) is 0 Å². The zero-order chi connectivity index (χ0) is 13.1. The predicted molar refractivity (Wildman–Crippen MR) is 63.5 cm³/mol. The van der Waals surface area contributed by atoms with E-state index in [9.17, 15) is 9.18 Å². The Bertz CT molecular complexity index is 439. The van der Waals surface area contributed by atoms with Gasteiger partial charge in [0.2, 0.25) is 0 Å². The van der Waals surface area contributed by atoms with E-state index in [1.165, 1.54) is 12.3 Å². The second kappa shape index (κ2) is 5.41. The summed E-state index contributed by atoms with van der Waals surface area (Å²) in [6.07, 6.45) is 3.00. The van der Waals surface area contributed by atoms with Gasteiger partial charge in [-0.25, -0.2) is 4.39 Å². The van der Waals surface area contributed by atoms with Gasteiger partial charge in [0, 0.05) is 18.8 Å². The molecular weight excluding hydrogens is 237 g/mol. The molecule has 0 spiro atoms. The summed E-state index contributed by atoms with van der Waals surface area (Å²) in [6, 6.07) is 0.935. The van der Waals surface area contributed by atoms with Gasteiger partial charge in [-0.15, -0.1) is 0 Å². The Morgan fingerprint density at radius 3 is 3.11 bits per heavy atom. The largest absolute Gasteiger partial charge is 0.376 e. The minimum absolute atomic E-state index is 0.0284. The maximum absolute atomic E-state index is 13.4. The van der Waals surface area contributed by atoms with E-state index in [4.69, 9.17) is 10.5 Å². The average molecular weight is 253 g/mol. The van der Waals surface area contributed by atoms with Crippen molar-refractivity contribution in [2.75, 3.05) is 6.61 Å². The molecule has 1 aliphatic rings. The Kier molecular flexibility index (Phi) is 3.88. The number of nitrogens with two attached hydrogens (primary N) is 1. The molecule has 0 saturated heterocycles. The molecule has 1 heterocycles. The lowest BCUT2D eigenvalue weighted by Gasteiger charge is -2.42. The minimum Gasteiger partial charge on any atom is -0.376 e. The Balaban J connectivity index is 2.01. The van der Waals surface area contributed by atoms with Crippen LogP contribution in [0.15, 0.2) is 18.5 Å². The molecule has 3 atom stereocenters. The first-order valence-corrected chi connectivity index (χ1v) is 5.91. The first kappa shape index (κ1) is 12.9. The topological polar surface area (TPSA) is 77.2 Å². The van der Waals surface area contributed by atoms with E-state index in [-0.39, 0.29) is 23.8 Å². The lowest BCUT2D eigenvalue weighted by Crippen LogP contribution is -2.64. The lowest BCUT2D eigenvalue weighted by molar-refractivity contribution is -0.0300. The van der Waals surface area contributed by atoms with Crippen LogP contribution in [0.3, 0.4) is 0 Å². The lowest BCUT2D eigenvalue weighted by atomic mass is 9.83. The zero-order valence-electron chi connectivity index (χ0n) is 10.1. The van der Waals surface area contributed by atoms with Gasteiger partial charge >= 0.3 is 0 Å². The Morgan fingerprint density at radius 1 is 1.72 bits per heavy atom. The number of carbonyl (C=O) groups is 1. The number of hydrogen-bond donors (Lipinski definition) is 2. The number of nitrogens with one attached hydrogen (secondary N) is 1. The van der Waals surface area contributed by atoms with Crippen molar-refractivity contribution in [3.63, 3.8) is 0 Å². The van der Waals surface area contributed by atoms with Crippen molar-refractivity contribution in [2.45, 2.75) is 31.5 Å². The minimum atomic E-state index is -0.643. The van der Waals surface area contributed by atoms with Gasteiger partial charge in [0.1, 0.15) is 0 Å². The molecule has 0 aromatic carbocycles. The van der Waals surface area contributed by atoms with Gasteiger partial charge in [0.15, 0.2) is 5.82 Å². The number of aromatic nitrogens is 1. The van der Waals surface area contributed by atoms with Gasteiger partial charge in [0.05, 0.1) is 23.9 Å². The Labute approximate surface area is 105 Å². The molecule has 98 valence electrons. The van der Waals surface area contributed by atoms with Crippen LogP contribution < -0.4 is 11.1 Å². The molecule has 0 aliphatic heterocycles. The van der Waals surface area contributed by atoms with Crippen LogP contribution >= 0.6 is 0 Å². The van der Waals surface area contributed by atoms with Crippen LogP contribution in [-0.2, 0) is 4.74 Å². The van der Waals surface area contributed by atoms with Crippen molar-refractivity contribution in [2.24, 2.45) is 5.73 Å². The molecule has 1 saturated carbocycles. The monoisotopic (exact) mass is 253 g/mol. The highest BCUT2D eigenvalue weighted by molar-refractivity contribution is 5.94. The normalized spacial score (nSPS) is 26.5. The smallest absolute Gasteiger partial charge is 0.254 e. The molecule has 0 radical (unpaired) electrons. The number of nitrogens with zero attached hydrogens (tertiary/aromatic N) is 1. The summed E-state index contributed by atoms with van der Waals surface area (Å²) in [6.45, 7) is 2.44. The van der Waals surface area contributed by atoms with Crippen molar-refractivity contribution >= 4 is 5.91 Å². The summed E-state index contributed by atoms with van der Waals surface area (Å²) in [5, 5.41) is 2.70.